The van der Waals surface area contributed by atoms with Gasteiger partial charge in [0.25, 0.3) is 10.1 Å². The van der Waals surface area contributed by atoms with Crippen molar-refractivity contribution in [2.45, 2.75) is 23.6 Å². The third-order valence-electron chi connectivity index (χ3n) is 2.06. The molecule has 0 aliphatic heterocycles. The Bertz CT molecular complexity index is 541. The highest BCUT2D eigenvalue weighted by atomic mass is 32.2. The van der Waals surface area contributed by atoms with E-state index >= 15 is 0 Å². The van der Waals surface area contributed by atoms with Gasteiger partial charge < -0.3 is 4.89 Å². The molecule has 8 heteroatoms. The average molecular weight is 310 g/mol. The van der Waals surface area contributed by atoms with E-state index in [1.54, 1.807) is 25.1 Å². The molecular weight excluding hydrogens is 295 g/mol. The van der Waals surface area contributed by atoms with Crippen molar-refractivity contribution in [3.05, 3.63) is 23.8 Å². The zero-order valence-electron chi connectivity index (χ0n) is 10.0. The van der Waals surface area contributed by atoms with Gasteiger partial charge >= 0.3 is 0 Å². The standard InChI is InChI=1S/C10H15O5PS2/c1-3-17-9-6-4-5-8(2)10(9)18(13,14)15-7-16(11)12/h4-6,16H,3,7H2,1-2H3,(H,11,12). The summed E-state index contributed by atoms with van der Waals surface area (Å²) in [7, 11) is -6.96. The molecule has 0 spiro atoms. The Morgan fingerprint density at radius 2 is 2.11 bits per heavy atom. The molecule has 1 N–H and O–H groups in total. The van der Waals surface area contributed by atoms with Crippen LogP contribution in [0.4, 0.5) is 0 Å². The monoisotopic (exact) mass is 310 g/mol. The van der Waals surface area contributed by atoms with E-state index in [2.05, 4.69) is 4.18 Å². The number of thioether (sulfide) groups is 1. The lowest BCUT2D eigenvalue weighted by molar-refractivity contribution is 0.354. The quantitative estimate of drug-likeness (QED) is 0.493. The highest BCUT2D eigenvalue weighted by Crippen LogP contribution is 2.31. The fourth-order valence-electron chi connectivity index (χ4n) is 1.40. The third-order valence-corrected chi connectivity index (χ3v) is 5.20. The van der Waals surface area contributed by atoms with Crippen LogP contribution in [0.15, 0.2) is 28.0 Å². The van der Waals surface area contributed by atoms with Crippen LogP contribution >= 0.6 is 19.8 Å². The first-order chi connectivity index (χ1) is 8.38. The Balaban J connectivity index is 3.17. The second-order valence-electron chi connectivity index (χ2n) is 3.45. The minimum Gasteiger partial charge on any atom is -0.345 e. The molecule has 102 valence electrons. The molecule has 0 heterocycles. The summed E-state index contributed by atoms with van der Waals surface area (Å²) in [5.41, 5.74) is 0.561. The smallest absolute Gasteiger partial charge is 0.298 e. The van der Waals surface area contributed by atoms with Crippen LogP contribution in [-0.2, 0) is 18.9 Å². The van der Waals surface area contributed by atoms with Gasteiger partial charge in [0.1, 0.15) is 11.2 Å². The fourth-order valence-corrected chi connectivity index (χ4v) is 4.58. The highest BCUT2D eigenvalue weighted by molar-refractivity contribution is 8.00. The molecule has 1 aromatic rings. The maximum atomic E-state index is 12.0. The molecule has 18 heavy (non-hydrogen) atoms. The molecule has 0 bridgehead atoms. The Hall–Kier alpha value is -0.330. The van der Waals surface area contributed by atoms with E-state index in [-0.39, 0.29) is 4.90 Å². The van der Waals surface area contributed by atoms with Crippen molar-refractivity contribution in [2.75, 3.05) is 12.1 Å². The second-order valence-corrected chi connectivity index (χ2v) is 7.38. The second kappa shape index (κ2) is 6.73. The van der Waals surface area contributed by atoms with Gasteiger partial charge in [-0.15, -0.1) is 11.8 Å². The first kappa shape index (κ1) is 15.7. The van der Waals surface area contributed by atoms with Crippen LogP contribution in [0.3, 0.4) is 0 Å². The predicted molar refractivity (Wildman–Crippen MR) is 71.9 cm³/mol. The lowest BCUT2D eigenvalue weighted by atomic mass is 10.2. The van der Waals surface area contributed by atoms with Crippen LogP contribution in [0.5, 0.6) is 0 Å². The van der Waals surface area contributed by atoms with Gasteiger partial charge in [-0.2, -0.15) is 8.42 Å². The molecule has 1 rings (SSSR count). The minimum absolute atomic E-state index is 0.0834. The largest absolute Gasteiger partial charge is 0.345 e. The summed E-state index contributed by atoms with van der Waals surface area (Å²) in [6.07, 6.45) is -0.683. The highest BCUT2D eigenvalue weighted by Gasteiger charge is 2.22. The molecule has 0 saturated heterocycles. The Kier molecular flexibility index (Phi) is 5.88. The van der Waals surface area contributed by atoms with E-state index in [0.717, 1.165) is 5.75 Å². The minimum atomic E-state index is -3.99. The van der Waals surface area contributed by atoms with Gasteiger partial charge in [-0.1, -0.05) is 19.1 Å². The molecule has 0 fully saturated rings. The van der Waals surface area contributed by atoms with Crippen molar-refractivity contribution >= 4 is 29.9 Å². The number of rotatable bonds is 6. The van der Waals surface area contributed by atoms with E-state index in [0.29, 0.717) is 10.5 Å². The normalized spacial score (nSPS) is 13.5. The van der Waals surface area contributed by atoms with Gasteiger partial charge in [-0.05, 0) is 24.3 Å². The van der Waals surface area contributed by atoms with Crippen molar-refractivity contribution in [3.63, 3.8) is 0 Å². The van der Waals surface area contributed by atoms with Crippen molar-refractivity contribution in [1.82, 2.24) is 0 Å². The van der Waals surface area contributed by atoms with E-state index < -0.39 is 24.5 Å². The molecule has 1 atom stereocenters. The van der Waals surface area contributed by atoms with Crippen LogP contribution in [0, 0.1) is 6.92 Å². The van der Waals surface area contributed by atoms with E-state index in [4.69, 9.17) is 4.89 Å². The molecule has 0 aromatic heterocycles. The number of aryl methyl sites for hydroxylation is 1. The number of hydrogen-bond donors (Lipinski definition) is 1. The van der Waals surface area contributed by atoms with E-state index in [1.807, 2.05) is 6.92 Å². The van der Waals surface area contributed by atoms with E-state index in [1.165, 1.54) is 11.8 Å². The van der Waals surface area contributed by atoms with Crippen LogP contribution in [0.1, 0.15) is 12.5 Å². The summed E-state index contributed by atoms with van der Waals surface area (Å²) < 4.78 is 39.1. The van der Waals surface area contributed by atoms with Crippen LogP contribution < -0.4 is 0 Å². The lowest BCUT2D eigenvalue weighted by Crippen LogP contribution is -2.09. The Morgan fingerprint density at radius 1 is 1.44 bits per heavy atom. The number of benzene rings is 1. The van der Waals surface area contributed by atoms with Gasteiger partial charge in [-0.3, -0.25) is 8.75 Å². The SMILES string of the molecule is CCSc1cccc(C)c1S(=O)(=O)OC[PH](=O)O. The molecular formula is C10H15O5PS2. The predicted octanol–water partition coefficient (Wildman–Crippen LogP) is 2.24. The molecule has 1 aromatic carbocycles. The van der Waals surface area contributed by atoms with Crippen molar-refractivity contribution in [3.8, 4) is 0 Å². The first-order valence-electron chi connectivity index (χ1n) is 5.22. The summed E-state index contributed by atoms with van der Waals surface area (Å²) in [6, 6.07) is 5.12. The Labute approximate surface area is 112 Å². The third kappa shape index (κ3) is 4.10. The maximum absolute atomic E-state index is 12.0. The van der Waals surface area contributed by atoms with Gasteiger partial charge in [0.2, 0.25) is 8.03 Å². The summed E-state index contributed by atoms with van der Waals surface area (Å²) in [4.78, 5) is 9.33. The molecule has 0 saturated carbocycles. The summed E-state index contributed by atoms with van der Waals surface area (Å²) in [6.45, 7) is 3.58. The van der Waals surface area contributed by atoms with Crippen molar-refractivity contribution < 1.29 is 22.1 Å². The lowest BCUT2D eigenvalue weighted by Gasteiger charge is -2.11. The van der Waals surface area contributed by atoms with Gasteiger partial charge in [0, 0.05) is 4.90 Å². The zero-order chi connectivity index (χ0) is 13.8. The zero-order valence-corrected chi connectivity index (χ0v) is 12.7. The molecule has 0 radical (unpaired) electrons. The Morgan fingerprint density at radius 3 is 2.67 bits per heavy atom. The summed E-state index contributed by atoms with van der Waals surface area (Å²) >= 11 is 1.39. The topological polar surface area (TPSA) is 80.7 Å². The fraction of sp³-hybridized carbons (Fsp3) is 0.400. The molecule has 5 nitrogen and oxygen atoms in total. The molecule has 0 amide bonds. The van der Waals surface area contributed by atoms with Gasteiger partial charge in [0.15, 0.2) is 0 Å². The van der Waals surface area contributed by atoms with Gasteiger partial charge in [-0.25, -0.2) is 0 Å². The maximum Gasteiger partial charge on any atom is 0.298 e. The van der Waals surface area contributed by atoms with Crippen LogP contribution in [0.2, 0.25) is 0 Å². The van der Waals surface area contributed by atoms with Crippen molar-refractivity contribution in [2.24, 2.45) is 0 Å². The van der Waals surface area contributed by atoms with Gasteiger partial charge in [0.05, 0.1) is 0 Å². The van der Waals surface area contributed by atoms with Crippen LogP contribution in [-0.4, -0.2) is 25.4 Å². The molecule has 0 aliphatic carbocycles. The van der Waals surface area contributed by atoms with Crippen LogP contribution in [0.25, 0.3) is 0 Å². The average Bonchev–Trinajstić information content (AvgIpc) is 2.27. The van der Waals surface area contributed by atoms with E-state index in [9.17, 15) is 13.0 Å². The summed E-state index contributed by atoms with van der Waals surface area (Å²) in [5.74, 6) is 0.725. The first-order valence-corrected chi connectivity index (χ1v) is 9.17. The molecule has 1 unspecified atom stereocenters. The number of hydrogen-bond acceptors (Lipinski definition) is 5. The molecule has 0 aliphatic rings. The van der Waals surface area contributed by atoms with Crippen molar-refractivity contribution in [1.29, 1.82) is 0 Å². The summed E-state index contributed by atoms with van der Waals surface area (Å²) in [5, 5.41) is 0.